The molecular weight excluding hydrogens is 132 g/mol. The van der Waals surface area contributed by atoms with Crippen molar-refractivity contribution in [1.82, 2.24) is 0 Å². The quantitative estimate of drug-likeness (QED) is 0.280. The van der Waals surface area contributed by atoms with E-state index in [2.05, 4.69) is 12.6 Å². The van der Waals surface area contributed by atoms with Crippen LogP contribution in [0.2, 0.25) is 0 Å². The molecule has 0 saturated carbocycles. The highest BCUT2D eigenvalue weighted by Crippen LogP contribution is 1.86. The fourth-order valence-electron chi connectivity index (χ4n) is 0. The standard InChI is InChI=1S/C3H8N2S.ClH/c1-2(6)3(4)5;/h2,6H,1H3,(H3,4,5);1H. The first kappa shape index (κ1) is 10.2. The minimum atomic E-state index is -0.0926. The van der Waals surface area contributed by atoms with E-state index in [-0.39, 0.29) is 23.5 Å². The Kier molecular flexibility index (Phi) is 6.21. The first-order valence-corrected chi connectivity index (χ1v) is 2.18. The monoisotopic (exact) mass is 140 g/mol. The van der Waals surface area contributed by atoms with Gasteiger partial charge in [-0.2, -0.15) is 12.6 Å². The molecule has 4 heteroatoms. The molecule has 0 aliphatic rings. The van der Waals surface area contributed by atoms with Crippen molar-refractivity contribution in [2.24, 2.45) is 5.73 Å². The summed E-state index contributed by atoms with van der Waals surface area (Å²) >= 11 is 3.84. The summed E-state index contributed by atoms with van der Waals surface area (Å²) in [7, 11) is 0. The minimum absolute atomic E-state index is 0. The van der Waals surface area contributed by atoms with E-state index in [0.717, 1.165) is 0 Å². The summed E-state index contributed by atoms with van der Waals surface area (Å²) in [5.41, 5.74) is 4.94. The number of thiol groups is 1. The van der Waals surface area contributed by atoms with Gasteiger partial charge in [0.05, 0.1) is 5.25 Å². The Labute approximate surface area is 54.8 Å². The molecule has 1 atom stereocenters. The first-order chi connectivity index (χ1) is 2.64. The lowest BCUT2D eigenvalue weighted by Gasteiger charge is -1.94. The lowest BCUT2D eigenvalue weighted by molar-refractivity contribution is 1.24. The SMILES string of the molecule is CC(S)C(=N)N.Cl. The van der Waals surface area contributed by atoms with E-state index in [1.165, 1.54) is 0 Å². The van der Waals surface area contributed by atoms with Gasteiger partial charge in [-0.05, 0) is 6.92 Å². The van der Waals surface area contributed by atoms with Gasteiger partial charge in [-0.25, -0.2) is 0 Å². The number of nitrogens with one attached hydrogen (secondary N) is 1. The van der Waals surface area contributed by atoms with Gasteiger partial charge in [0, 0.05) is 0 Å². The van der Waals surface area contributed by atoms with E-state index < -0.39 is 0 Å². The molecule has 1 unspecified atom stereocenters. The van der Waals surface area contributed by atoms with E-state index in [0.29, 0.717) is 0 Å². The molecule has 0 aromatic carbocycles. The molecule has 0 amide bonds. The Morgan fingerprint density at radius 1 is 1.86 bits per heavy atom. The highest BCUT2D eigenvalue weighted by atomic mass is 35.5. The normalized spacial score (nSPS) is 11.7. The number of hydrogen-bond donors (Lipinski definition) is 3. The van der Waals surface area contributed by atoms with Crippen LogP contribution in [0, 0.1) is 5.41 Å². The molecule has 7 heavy (non-hydrogen) atoms. The van der Waals surface area contributed by atoms with Gasteiger partial charge in [-0.15, -0.1) is 12.4 Å². The van der Waals surface area contributed by atoms with Crippen LogP contribution in [0.3, 0.4) is 0 Å². The van der Waals surface area contributed by atoms with Crippen molar-refractivity contribution in [2.75, 3.05) is 0 Å². The average molecular weight is 141 g/mol. The highest BCUT2D eigenvalue weighted by Gasteiger charge is 1.92. The summed E-state index contributed by atoms with van der Waals surface area (Å²) < 4.78 is 0. The predicted molar refractivity (Wildman–Crippen MR) is 37.6 cm³/mol. The van der Waals surface area contributed by atoms with E-state index in [1.807, 2.05) is 0 Å². The van der Waals surface area contributed by atoms with Crippen molar-refractivity contribution >= 4 is 30.9 Å². The Bertz CT molecular complexity index is 64.0. The van der Waals surface area contributed by atoms with Crippen LogP contribution in [0.25, 0.3) is 0 Å². The molecule has 0 bridgehead atoms. The maximum Gasteiger partial charge on any atom is 0.103 e. The lowest BCUT2D eigenvalue weighted by atomic mass is 10.4. The molecule has 0 aliphatic carbocycles. The first-order valence-electron chi connectivity index (χ1n) is 1.66. The Morgan fingerprint density at radius 3 is 2.00 bits per heavy atom. The van der Waals surface area contributed by atoms with Gasteiger partial charge < -0.3 is 5.73 Å². The summed E-state index contributed by atoms with van der Waals surface area (Å²) in [5, 5.41) is 6.56. The van der Waals surface area contributed by atoms with Gasteiger partial charge in [-0.1, -0.05) is 0 Å². The molecule has 0 aromatic rings. The molecule has 2 nitrogen and oxygen atoms in total. The molecule has 0 heterocycles. The largest absolute Gasteiger partial charge is 0.387 e. The smallest absolute Gasteiger partial charge is 0.103 e. The van der Waals surface area contributed by atoms with Crippen LogP contribution in [-0.2, 0) is 0 Å². The summed E-state index contributed by atoms with van der Waals surface area (Å²) in [6.45, 7) is 1.76. The molecule has 0 radical (unpaired) electrons. The zero-order valence-corrected chi connectivity index (χ0v) is 5.72. The Hall–Kier alpha value is 0.110. The number of hydrogen-bond acceptors (Lipinski definition) is 2. The van der Waals surface area contributed by atoms with Crippen LogP contribution in [0.1, 0.15) is 6.92 Å². The second-order valence-electron chi connectivity index (χ2n) is 1.13. The van der Waals surface area contributed by atoms with Crippen molar-refractivity contribution < 1.29 is 0 Å². The highest BCUT2D eigenvalue weighted by molar-refractivity contribution is 7.81. The van der Waals surface area contributed by atoms with E-state index >= 15 is 0 Å². The van der Waals surface area contributed by atoms with Crippen molar-refractivity contribution in [2.45, 2.75) is 12.2 Å². The van der Waals surface area contributed by atoms with Crippen molar-refractivity contribution in [3.63, 3.8) is 0 Å². The number of rotatable bonds is 1. The average Bonchev–Trinajstić information content (AvgIpc) is 1.36. The summed E-state index contributed by atoms with van der Waals surface area (Å²) in [6, 6.07) is 0. The number of amidine groups is 1. The third-order valence-electron chi connectivity index (χ3n) is 0.450. The molecule has 0 fully saturated rings. The summed E-state index contributed by atoms with van der Waals surface area (Å²) in [6.07, 6.45) is 0. The van der Waals surface area contributed by atoms with E-state index in [1.54, 1.807) is 6.92 Å². The third-order valence-corrected chi connectivity index (χ3v) is 0.728. The van der Waals surface area contributed by atoms with Crippen LogP contribution < -0.4 is 5.73 Å². The van der Waals surface area contributed by atoms with Gasteiger partial charge in [0.15, 0.2) is 0 Å². The fourth-order valence-corrected chi connectivity index (χ4v) is 0. The molecule has 0 aliphatic heterocycles. The molecular formula is C3H9ClN2S. The van der Waals surface area contributed by atoms with Gasteiger partial charge in [0.25, 0.3) is 0 Å². The molecule has 0 spiro atoms. The summed E-state index contributed by atoms with van der Waals surface area (Å²) in [4.78, 5) is 0. The topological polar surface area (TPSA) is 49.9 Å². The molecule has 0 saturated heterocycles. The maximum atomic E-state index is 6.65. The van der Waals surface area contributed by atoms with Crippen LogP contribution in [0.4, 0.5) is 0 Å². The van der Waals surface area contributed by atoms with Gasteiger partial charge in [-0.3, -0.25) is 5.41 Å². The van der Waals surface area contributed by atoms with E-state index in [9.17, 15) is 0 Å². The Balaban J connectivity index is 0. The van der Waals surface area contributed by atoms with Gasteiger partial charge in [0.2, 0.25) is 0 Å². The maximum absolute atomic E-state index is 6.65. The van der Waals surface area contributed by atoms with Gasteiger partial charge in [0.1, 0.15) is 5.84 Å². The second-order valence-corrected chi connectivity index (χ2v) is 1.91. The number of halogens is 1. The Morgan fingerprint density at radius 2 is 2.00 bits per heavy atom. The summed E-state index contributed by atoms with van der Waals surface area (Å²) in [5.74, 6) is 0.123. The lowest BCUT2D eigenvalue weighted by Crippen LogP contribution is -2.19. The molecule has 0 aromatic heterocycles. The van der Waals surface area contributed by atoms with Crippen molar-refractivity contribution in [3.05, 3.63) is 0 Å². The van der Waals surface area contributed by atoms with Crippen LogP contribution in [0.15, 0.2) is 0 Å². The number of nitrogens with two attached hydrogens (primary N) is 1. The zero-order valence-electron chi connectivity index (χ0n) is 4.01. The van der Waals surface area contributed by atoms with Crippen molar-refractivity contribution in [1.29, 1.82) is 5.41 Å². The minimum Gasteiger partial charge on any atom is -0.387 e. The zero-order chi connectivity index (χ0) is 5.15. The van der Waals surface area contributed by atoms with Crippen LogP contribution in [-0.4, -0.2) is 11.1 Å². The third kappa shape index (κ3) is 6.11. The molecule has 0 rings (SSSR count). The predicted octanol–water partition coefficient (Wildman–Crippen LogP) is 0.662. The molecule has 44 valence electrons. The van der Waals surface area contributed by atoms with Crippen LogP contribution in [0.5, 0.6) is 0 Å². The second kappa shape index (κ2) is 4.27. The van der Waals surface area contributed by atoms with Crippen molar-refractivity contribution in [3.8, 4) is 0 Å². The fraction of sp³-hybridized carbons (Fsp3) is 0.667. The van der Waals surface area contributed by atoms with E-state index in [4.69, 9.17) is 11.1 Å². The van der Waals surface area contributed by atoms with Crippen LogP contribution >= 0.6 is 25.0 Å². The van der Waals surface area contributed by atoms with Gasteiger partial charge >= 0.3 is 0 Å². The molecule has 3 N–H and O–H groups in total.